The molecule has 0 saturated carbocycles. The molecule has 2 aromatic heterocycles. The van der Waals surface area contributed by atoms with E-state index in [1.54, 1.807) is 60.3 Å². The van der Waals surface area contributed by atoms with E-state index in [9.17, 15) is 22.8 Å². The van der Waals surface area contributed by atoms with Crippen LogP contribution in [0.15, 0.2) is 60.8 Å². The van der Waals surface area contributed by atoms with Crippen LogP contribution in [0, 0.1) is 17.7 Å². The van der Waals surface area contributed by atoms with E-state index in [2.05, 4.69) is 5.10 Å². The lowest BCUT2D eigenvalue weighted by atomic mass is 9.85. The van der Waals surface area contributed by atoms with Crippen LogP contribution in [0.5, 0.6) is 0 Å². The molecular weight excluding hydrogens is 513 g/mol. The largest absolute Gasteiger partial charge is 0.364 e. The van der Waals surface area contributed by atoms with Crippen LogP contribution < -0.4 is 10.6 Å². The molecule has 2 amide bonds. The van der Waals surface area contributed by atoms with Crippen molar-refractivity contribution in [1.29, 1.82) is 0 Å². The molecule has 1 aliphatic rings. The summed E-state index contributed by atoms with van der Waals surface area (Å²) >= 11 is 7.34. The van der Waals surface area contributed by atoms with Gasteiger partial charge in [0, 0.05) is 34.2 Å². The maximum absolute atomic E-state index is 14.5. The quantitative estimate of drug-likeness (QED) is 0.344. The third kappa shape index (κ3) is 4.14. The summed E-state index contributed by atoms with van der Waals surface area (Å²) in [5.74, 6) is -7.88. The Labute approximate surface area is 213 Å². The van der Waals surface area contributed by atoms with E-state index in [4.69, 9.17) is 17.3 Å². The number of halogens is 4. The molecule has 0 unspecified atom stereocenters. The summed E-state index contributed by atoms with van der Waals surface area (Å²) in [6, 6.07) is 13.7. The fourth-order valence-corrected chi connectivity index (χ4v) is 5.99. The topological polar surface area (TPSA) is 81.2 Å². The molecule has 0 aliphatic carbocycles. The summed E-state index contributed by atoms with van der Waals surface area (Å²) in [5, 5.41) is 5.09. The van der Waals surface area contributed by atoms with Crippen molar-refractivity contribution >= 4 is 51.3 Å². The van der Waals surface area contributed by atoms with Crippen molar-refractivity contribution in [3.8, 4) is 5.69 Å². The molecule has 36 heavy (non-hydrogen) atoms. The fraction of sp³-hybridized carbons (Fsp3) is 0.240. The van der Waals surface area contributed by atoms with E-state index < -0.39 is 36.1 Å². The van der Waals surface area contributed by atoms with Gasteiger partial charge in [-0.15, -0.1) is 11.3 Å². The number of fused-ring (bicyclic) bond motifs is 1. The number of hydrogen-bond acceptors (Lipinski definition) is 4. The lowest BCUT2D eigenvalue weighted by Crippen LogP contribution is -2.39. The number of aromatic nitrogens is 2. The number of carbonyl (C=O) groups is 2. The summed E-state index contributed by atoms with van der Waals surface area (Å²) in [5.41, 5.74) is 6.82. The van der Waals surface area contributed by atoms with Gasteiger partial charge in [-0.25, -0.2) is 9.07 Å². The van der Waals surface area contributed by atoms with E-state index in [1.807, 2.05) is 0 Å². The monoisotopic (exact) mass is 532 g/mol. The Hall–Kier alpha value is -3.37. The molecule has 0 bridgehead atoms. The van der Waals surface area contributed by atoms with Crippen molar-refractivity contribution in [3.63, 3.8) is 0 Å². The fourth-order valence-electron chi connectivity index (χ4n) is 4.76. The zero-order valence-corrected chi connectivity index (χ0v) is 20.4. The van der Waals surface area contributed by atoms with Gasteiger partial charge >= 0.3 is 5.92 Å². The molecule has 3 heterocycles. The van der Waals surface area contributed by atoms with Crippen LogP contribution in [0.1, 0.15) is 24.3 Å². The molecule has 1 aliphatic heterocycles. The second kappa shape index (κ2) is 8.94. The Kier molecular flexibility index (Phi) is 6.04. The SMILES string of the molecule is C[C@H]1C(=O)N(c2ccc3c(cnn3-c3ccc(F)cc3)c2)[C@H](c2ccc(Cl)s2)[C@H]1CC(F)(F)C(N)=O. The number of benzene rings is 2. The second-order valence-electron chi connectivity index (χ2n) is 8.80. The summed E-state index contributed by atoms with van der Waals surface area (Å²) in [4.78, 5) is 27.0. The van der Waals surface area contributed by atoms with Crippen LogP contribution in [0.25, 0.3) is 16.6 Å². The highest BCUT2D eigenvalue weighted by Crippen LogP contribution is 2.50. The van der Waals surface area contributed by atoms with Crippen molar-refractivity contribution in [3.05, 3.63) is 75.8 Å². The maximum atomic E-state index is 14.5. The third-order valence-electron chi connectivity index (χ3n) is 6.59. The first-order valence-electron chi connectivity index (χ1n) is 11.1. The molecule has 2 N–H and O–H groups in total. The summed E-state index contributed by atoms with van der Waals surface area (Å²) < 4.78 is 44.4. The second-order valence-corrected chi connectivity index (χ2v) is 10.5. The van der Waals surface area contributed by atoms with Gasteiger partial charge in [0.25, 0.3) is 5.91 Å². The predicted molar refractivity (Wildman–Crippen MR) is 132 cm³/mol. The molecule has 5 rings (SSSR count). The highest BCUT2D eigenvalue weighted by Gasteiger charge is 2.52. The van der Waals surface area contributed by atoms with E-state index in [-0.39, 0.29) is 11.7 Å². The Balaban J connectivity index is 1.58. The van der Waals surface area contributed by atoms with Gasteiger partial charge in [0.05, 0.1) is 27.8 Å². The van der Waals surface area contributed by atoms with Gasteiger partial charge in [-0.1, -0.05) is 18.5 Å². The van der Waals surface area contributed by atoms with Crippen LogP contribution >= 0.6 is 22.9 Å². The minimum atomic E-state index is -3.77. The first-order valence-corrected chi connectivity index (χ1v) is 12.3. The van der Waals surface area contributed by atoms with Gasteiger partial charge < -0.3 is 10.6 Å². The van der Waals surface area contributed by atoms with Crippen LogP contribution in [0.4, 0.5) is 18.9 Å². The molecule has 186 valence electrons. The minimum absolute atomic E-state index is 0.347. The molecule has 3 atom stereocenters. The van der Waals surface area contributed by atoms with Crippen molar-refractivity contribution in [2.45, 2.75) is 25.3 Å². The minimum Gasteiger partial charge on any atom is -0.364 e. The van der Waals surface area contributed by atoms with Gasteiger partial charge in [-0.05, 0) is 54.6 Å². The van der Waals surface area contributed by atoms with Crippen LogP contribution in [0.3, 0.4) is 0 Å². The van der Waals surface area contributed by atoms with Crippen molar-refractivity contribution in [1.82, 2.24) is 9.78 Å². The van der Waals surface area contributed by atoms with Crippen LogP contribution in [-0.4, -0.2) is 27.5 Å². The first kappa shape index (κ1) is 24.3. The normalized spacial score (nSPS) is 20.4. The highest BCUT2D eigenvalue weighted by atomic mass is 35.5. The summed E-state index contributed by atoms with van der Waals surface area (Å²) in [6.07, 6.45) is 0.749. The number of carbonyl (C=O) groups excluding carboxylic acids is 2. The van der Waals surface area contributed by atoms with Crippen molar-refractivity contribution in [2.75, 3.05) is 4.90 Å². The average Bonchev–Trinajstić information content (AvgIpc) is 3.51. The number of thiophene rings is 1. The number of nitrogens with zero attached hydrogens (tertiary/aromatic N) is 3. The number of primary amides is 1. The van der Waals surface area contributed by atoms with E-state index in [0.29, 0.717) is 26.0 Å². The third-order valence-corrected chi connectivity index (χ3v) is 7.89. The highest BCUT2D eigenvalue weighted by molar-refractivity contribution is 7.16. The molecule has 4 aromatic rings. The van der Waals surface area contributed by atoms with Gasteiger partial charge in [-0.3, -0.25) is 9.59 Å². The van der Waals surface area contributed by atoms with Crippen LogP contribution in [0.2, 0.25) is 4.34 Å². The zero-order valence-electron chi connectivity index (χ0n) is 18.9. The Bertz CT molecular complexity index is 1470. The Morgan fingerprint density at radius 3 is 2.47 bits per heavy atom. The lowest BCUT2D eigenvalue weighted by molar-refractivity contribution is -0.145. The molecular formula is C25H20ClF3N4O2S. The number of hydrogen-bond donors (Lipinski definition) is 1. The molecule has 2 aromatic carbocycles. The first-order chi connectivity index (χ1) is 17.1. The Morgan fingerprint density at radius 2 is 1.83 bits per heavy atom. The smallest absolute Gasteiger partial charge is 0.324 e. The van der Waals surface area contributed by atoms with Crippen LogP contribution in [-0.2, 0) is 9.59 Å². The Morgan fingerprint density at radius 1 is 1.14 bits per heavy atom. The lowest BCUT2D eigenvalue weighted by Gasteiger charge is -2.29. The van der Waals surface area contributed by atoms with Crippen molar-refractivity contribution in [2.24, 2.45) is 17.6 Å². The van der Waals surface area contributed by atoms with Gasteiger partial charge in [0.15, 0.2) is 0 Å². The number of amides is 2. The number of nitrogens with two attached hydrogens (primary N) is 1. The van der Waals surface area contributed by atoms with Gasteiger partial charge in [0.2, 0.25) is 5.91 Å². The molecule has 6 nitrogen and oxygen atoms in total. The zero-order chi connectivity index (χ0) is 25.8. The summed E-state index contributed by atoms with van der Waals surface area (Å²) in [6.45, 7) is 1.58. The average molecular weight is 533 g/mol. The molecule has 11 heteroatoms. The molecule has 1 saturated heterocycles. The number of rotatable bonds is 6. The van der Waals surface area contributed by atoms with E-state index >= 15 is 0 Å². The van der Waals surface area contributed by atoms with Gasteiger partial charge in [0.1, 0.15) is 5.82 Å². The van der Waals surface area contributed by atoms with Crippen molar-refractivity contribution < 1.29 is 22.8 Å². The number of anilines is 1. The predicted octanol–water partition coefficient (Wildman–Crippen LogP) is 5.73. The molecule has 0 spiro atoms. The maximum Gasteiger partial charge on any atom is 0.324 e. The molecule has 0 radical (unpaired) electrons. The van der Waals surface area contributed by atoms with Gasteiger partial charge in [-0.2, -0.15) is 13.9 Å². The number of alkyl halides is 2. The van der Waals surface area contributed by atoms with E-state index in [0.717, 1.165) is 5.52 Å². The standard InChI is InChI=1S/C25H20ClF3N4O2S/c1-13-18(11-25(28,29)24(30)35)22(20-8-9-21(26)36-20)32(23(13)34)17-6-7-19-14(10-17)12-31-33(19)16-4-2-15(27)3-5-16/h2-10,12-13,18,22H,11H2,1H3,(H2,30,35)/t13-,18+,22+/m1/s1. The van der Waals surface area contributed by atoms with E-state index in [1.165, 1.54) is 28.4 Å². The molecule has 1 fully saturated rings. The summed E-state index contributed by atoms with van der Waals surface area (Å²) in [7, 11) is 0.